The molecule has 0 spiro atoms. The van der Waals surface area contributed by atoms with E-state index < -0.39 is 12.1 Å². The van der Waals surface area contributed by atoms with E-state index in [1.807, 2.05) is 6.07 Å². The summed E-state index contributed by atoms with van der Waals surface area (Å²) in [6, 6.07) is 7.80. The second-order valence-corrected chi connectivity index (χ2v) is 7.45. The van der Waals surface area contributed by atoms with E-state index in [0.29, 0.717) is 6.54 Å². The van der Waals surface area contributed by atoms with Crippen LogP contribution in [-0.2, 0) is 17.9 Å². The van der Waals surface area contributed by atoms with Crippen molar-refractivity contribution in [2.24, 2.45) is 0 Å². The van der Waals surface area contributed by atoms with E-state index >= 15 is 0 Å². The van der Waals surface area contributed by atoms with Gasteiger partial charge in [-0.05, 0) is 56.8 Å². The quantitative estimate of drug-likeness (QED) is 0.698. The second kappa shape index (κ2) is 9.14. The minimum absolute atomic E-state index is 0.243. The molecule has 0 radical (unpaired) electrons. The summed E-state index contributed by atoms with van der Waals surface area (Å²) in [6.45, 7) is 5.69. The number of benzene rings is 1. The van der Waals surface area contributed by atoms with Crippen molar-refractivity contribution in [3.05, 3.63) is 35.4 Å². The number of urea groups is 1. The van der Waals surface area contributed by atoms with E-state index in [2.05, 4.69) is 39.0 Å². The van der Waals surface area contributed by atoms with Gasteiger partial charge in [-0.3, -0.25) is 15.0 Å². The van der Waals surface area contributed by atoms with E-state index in [0.717, 1.165) is 32.5 Å². The molecule has 6 heteroatoms. The van der Waals surface area contributed by atoms with Crippen molar-refractivity contribution in [1.29, 1.82) is 0 Å². The molecule has 0 bridgehead atoms. The highest BCUT2D eigenvalue weighted by atomic mass is 16.2. The molecule has 3 rings (SSSR count). The molecule has 142 valence electrons. The summed E-state index contributed by atoms with van der Waals surface area (Å²) in [5.41, 5.74) is 2.51. The first-order valence-corrected chi connectivity index (χ1v) is 9.75. The van der Waals surface area contributed by atoms with Crippen LogP contribution in [0.25, 0.3) is 0 Å². The molecule has 1 unspecified atom stereocenters. The fraction of sp³-hybridized carbons (Fsp3) is 0.600. The lowest BCUT2D eigenvalue weighted by atomic mass is 10.0. The summed E-state index contributed by atoms with van der Waals surface area (Å²) < 4.78 is 0. The van der Waals surface area contributed by atoms with Crippen LogP contribution in [0.1, 0.15) is 50.2 Å². The Bertz CT molecular complexity index is 624. The van der Waals surface area contributed by atoms with Gasteiger partial charge < -0.3 is 10.6 Å². The summed E-state index contributed by atoms with van der Waals surface area (Å²) in [5, 5.41) is 8.41. The SMILES string of the molecule is CC(NCc1ccccc1CN1CCCCC1)C(=O)NC(=O)NC1CC1. The van der Waals surface area contributed by atoms with Crippen molar-refractivity contribution >= 4 is 11.9 Å². The molecule has 2 fully saturated rings. The van der Waals surface area contributed by atoms with E-state index in [9.17, 15) is 9.59 Å². The number of carbonyl (C=O) groups excluding carboxylic acids is 2. The average molecular weight is 358 g/mol. The normalized spacial score (nSPS) is 19.0. The summed E-state index contributed by atoms with van der Waals surface area (Å²) in [6.07, 6.45) is 5.90. The molecule has 6 nitrogen and oxygen atoms in total. The van der Waals surface area contributed by atoms with Crippen LogP contribution >= 0.6 is 0 Å². The highest BCUT2D eigenvalue weighted by Gasteiger charge is 2.25. The van der Waals surface area contributed by atoms with Gasteiger partial charge in [0.2, 0.25) is 5.91 Å². The van der Waals surface area contributed by atoms with Gasteiger partial charge in [0.15, 0.2) is 0 Å². The lowest BCUT2D eigenvalue weighted by Gasteiger charge is -2.27. The maximum Gasteiger partial charge on any atom is 0.321 e. The number of nitrogens with one attached hydrogen (secondary N) is 3. The molecular weight excluding hydrogens is 328 g/mol. The molecule has 2 aliphatic rings. The predicted octanol–water partition coefficient (Wildman–Crippen LogP) is 2.14. The molecule has 1 heterocycles. The van der Waals surface area contributed by atoms with Crippen LogP contribution in [0.4, 0.5) is 4.79 Å². The maximum absolute atomic E-state index is 12.1. The molecule has 1 aliphatic carbocycles. The third-order valence-electron chi connectivity index (χ3n) is 5.10. The molecule has 3 N–H and O–H groups in total. The minimum Gasteiger partial charge on any atom is -0.335 e. The number of rotatable bonds is 7. The highest BCUT2D eigenvalue weighted by molar-refractivity contribution is 5.96. The lowest BCUT2D eigenvalue weighted by Crippen LogP contribution is -2.48. The Morgan fingerprint density at radius 2 is 1.81 bits per heavy atom. The van der Waals surface area contributed by atoms with Gasteiger partial charge in [0.1, 0.15) is 0 Å². The van der Waals surface area contributed by atoms with E-state index in [4.69, 9.17) is 0 Å². The van der Waals surface area contributed by atoms with Crippen molar-refractivity contribution in [2.45, 2.75) is 64.2 Å². The molecule has 1 saturated carbocycles. The average Bonchev–Trinajstić information content (AvgIpc) is 3.45. The zero-order chi connectivity index (χ0) is 18.4. The predicted molar refractivity (Wildman–Crippen MR) is 102 cm³/mol. The van der Waals surface area contributed by atoms with Crippen LogP contribution in [-0.4, -0.2) is 42.0 Å². The van der Waals surface area contributed by atoms with E-state index in [1.165, 1.54) is 30.4 Å². The molecular formula is C20H30N4O2. The van der Waals surface area contributed by atoms with Gasteiger partial charge in [-0.1, -0.05) is 30.7 Å². The zero-order valence-corrected chi connectivity index (χ0v) is 15.6. The lowest BCUT2D eigenvalue weighted by molar-refractivity contribution is -0.121. The van der Waals surface area contributed by atoms with Crippen LogP contribution < -0.4 is 16.0 Å². The smallest absolute Gasteiger partial charge is 0.321 e. The van der Waals surface area contributed by atoms with Crippen LogP contribution in [0.5, 0.6) is 0 Å². The number of carbonyl (C=O) groups is 2. The number of hydrogen-bond acceptors (Lipinski definition) is 4. The number of likely N-dealkylation sites (tertiary alicyclic amines) is 1. The third kappa shape index (κ3) is 5.81. The number of piperidine rings is 1. The van der Waals surface area contributed by atoms with E-state index in [1.54, 1.807) is 6.92 Å². The summed E-state index contributed by atoms with van der Waals surface area (Å²) >= 11 is 0. The Hall–Kier alpha value is -1.92. The minimum atomic E-state index is -0.428. The number of hydrogen-bond donors (Lipinski definition) is 3. The van der Waals surface area contributed by atoms with Gasteiger partial charge in [-0.15, -0.1) is 0 Å². The fourth-order valence-electron chi connectivity index (χ4n) is 3.27. The van der Waals surface area contributed by atoms with Gasteiger partial charge in [0.25, 0.3) is 0 Å². The molecule has 1 saturated heterocycles. The summed E-state index contributed by atoms with van der Waals surface area (Å²) in [5.74, 6) is -0.295. The van der Waals surface area contributed by atoms with Crippen LogP contribution in [0.15, 0.2) is 24.3 Å². The maximum atomic E-state index is 12.1. The molecule has 1 aromatic carbocycles. The van der Waals surface area contributed by atoms with Gasteiger partial charge in [-0.2, -0.15) is 0 Å². The van der Waals surface area contributed by atoms with Gasteiger partial charge in [0, 0.05) is 19.1 Å². The molecule has 26 heavy (non-hydrogen) atoms. The first kappa shape index (κ1) is 18.9. The monoisotopic (exact) mass is 358 g/mol. The molecule has 1 aromatic rings. The van der Waals surface area contributed by atoms with Crippen molar-refractivity contribution in [2.75, 3.05) is 13.1 Å². The topological polar surface area (TPSA) is 73.5 Å². The number of imide groups is 1. The molecule has 1 aliphatic heterocycles. The molecule has 3 amide bonds. The Labute approximate surface area is 155 Å². The number of amides is 3. The molecule has 0 aromatic heterocycles. The zero-order valence-electron chi connectivity index (χ0n) is 15.6. The van der Waals surface area contributed by atoms with Crippen molar-refractivity contribution in [3.8, 4) is 0 Å². The second-order valence-electron chi connectivity index (χ2n) is 7.45. The van der Waals surface area contributed by atoms with E-state index in [-0.39, 0.29) is 11.9 Å². The van der Waals surface area contributed by atoms with Gasteiger partial charge in [-0.25, -0.2) is 4.79 Å². The van der Waals surface area contributed by atoms with Crippen LogP contribution in [0, 0.1) is 0 Å². The first-order chi connectivity index (χ1) is 12.6. The Morgan fingerprint density at radius 3 is 2.50 bits per heavy atom. The van der Waals surface area contributed by atoms with Crippen LogP contribution in [0.3, 0.4) is 0 Å². The van der Waals surface area contributed by atoms with Crippen molar-refractivity contribution in [3.63, 3.8) is 0 Å². The first-order valence-electron chi connectivity index (χ1n) is 9.75. The Morgan fingerprint density at radius 1 is 1.12 bits per heavy atom. The summed E-state index contributed by atoms with van der Waals surface area (Å²) in [7, 11) is 0. The summed E-state index contributed by atoms with van der Waals surface area (Å²) in [4.78, 5) is 26.3. The Balaban J connectivity index is 1.48. The van der Waals surface area contributed by atoms with Crippen molar-refractivity contribution < 1.29 is 9.59 Å². The van der Waals surface area contributed by atoms with Gasteiger partial charge >= 0.3 is 6.03 Å². The van der Waals surface area contributed by atoms with Crippen molar-refractivity contribution in [1.82, 2.24) is 20.9 Å². The highest BCUT2D eigenvalue weighted by Crippen LogP contribution is 2.18. The number of nitrogens with zero attached hydrogens (tertiary/aromatic N) is 1. The fourth-order valence-corrected chi connectivity index (χ4v) is 3.27. The standard InChI is InChI=1S/C20H30N4O2/c1-15(19(25)23-20(26)22-18-9-10-18)21-13-16-7-3-4-8-17(16)14-24-11-5-2-6-12-24/h3-4,7-8,15,18,21H,2,5-6,9-14H2,1H3,(H2,22,23,25,26). The third-order valence-corrected chi connectivity index (χ3v) is 5.10. The largest absolute Gasteiger partial charge is 0.335 e. The van der Waals surface area contributed by atoms with Crippen LogP contribution in [0.2, 0.25) is 0 Å². The molecule has 1 atom stereocenters. The van der Waals surface area contributed by atoms with Gasteiger partial charge in [0.05, 0.1) is 6.04 Å². The Kier molecular flexibility index (Phi) is 6.63.